The first kappa shape index (κ1) is 22.0. The maximum absolute atomic E-state index is 12.5. The van der Waals surface area contributed by atoms with Crippen molar-refractivity contribution in [1.82, 2.24) is 10.2 Å². The molecule has 2 aliphatic heterocycles. The molecule has 2 aromatic rings. The van der Waals surface area contributed by atoms with Gasteiger partial charge in [-0.2, -0.15) is 0 Å². The van der Waals surface area contributed by atoms with Crippen molar-refractivity contribution in [3.63, 3.8) is 0 Å². The molecule has 170 valence electrons. The number of carbonyl (C=O) groups excluding carboxylic acids is 2. The number of anilines is 1. The molecule has 2 aromatic carbocycles. The second-order valence-corrected chi connectivity index (χ2v) is 8.98. The molecule has 7 heteroatoms. The van der Waals surface area contributed by atoms with Gasteiger partial charge in [-0.25, -0.2) is 4.79 Å². The third-order valence-electron chi connectivity index (χ3n) is 5.89. The highest BCUT2D eigenvalue weighted by atomic mass is 16.5. The van der Waals surface area contributed by atoms with E-state index in [9.17, 15) is 9.59 Å². The predicted molar refractivity (Wildman–Crippen MR) is 123 cm³/mol. The number of nitrogens with zero attached hydrogens (tertiary/aromatic N) is 1. The van der Waals surface area contributed by atoms with Gasteiger partial charge in [0.1, 0.15) is 12.2 Å². The second kappa shape index (κ2) is 9.51. The highest BCUT2D eigenvalue weighted by Gasteiger charge is 2.32. The summed E-state index contributed by atoms with van der Waals surface area (Å²) < 4.78 is 11.9. The Hall–Kier alpha value is -3.22. The molecule has 0 aromatic heterocycles. The first-order chi connectivity index (χ1) is 15.4. The molecule has 1 fully saturated rings. The van der Waals surface area contributed by atoms with Crippen molar-refractivity contribution >= 4 is 17.6 Å². The lowest BCUT2D eigenvalue weighted by atomic mass is 9.96. The third-order valence-corrected chi connectivity index (χ3v) is 5.89. The number of para-hydroxylation sites is 2. The molecule has 2 heterocycles. The van der Waals surface area contributed by atoms with E-state index in [1.807, 2.05) is 42.5 Å². The average molecular weight is 438 g/mol. The largest absolute Gasteiger partial charge is 0.488 e. The lowest BCUT2D eigenvalue weighted by Gasteiger charge is -2.31. The van der Waals surface area contributed by atoms with E-state index in [2.05, 4.69) is 30.5 Å². The third kappa shape index (κ3) is 5.33. The number of nitrogens with one attached hydrogen (secondary N) is 2. The minimum absolute atomic E-state index is 0.0207. The van der Waals surface area contributed by atoms with Crippen molar-refractivity contribution in [1.29, 1.82) is 0 Å². The van der Waals surface area contributed by atoms with Crippen molar-refractivity contribution < 1.29 is 19.1 Å². The number of piperidine rings is 1. The molecule has 32 heavy (non-hydrogen) atoms. The van der Waals surface area contributed by atoms with Crippen LogP contribution in [0.25, 0.3) is 0 Å². The Labute approximate surface area is 189 Å². The molecule has 3 amide bonds. The Morgan fingerprint density at radius 3 is 2.59 bits per heavy atom. The van der Waals surface area contributed by atoms with Crippen molar-refractivity contribution in [2.75, 3.05) is 31.6 Å². The molecule has 0 aliphatic carbocycles. The summed E-state index contributed by atoms with van der Waals surface area (Å²) in [7, 11) is 0. The molecule has 2 N–H and O–H groups in total. The fourth-order valence-electron chi connectivity index (χ4n) is 4.25. The lowest BCUT2D eigenvalue weighted by Crippen LogP contribution is -2.45. The van der Waals surface area contributed by atoms with Crippen LogP contribution in [-0.4, -0.2) is 48.7 Å². The number of ether oxygens (including phenoxy) is 2. The zero-order valence-corrected chi connectivity index (χ0v) is 18.7. The van der Waals surface area contributed by atoms with Crippen molar-refractivity contribution in [3.05, 3.63) is 54.1 Å². The zero-order chi connectivity index (χ0) is 22.6. The van der Waals surface area contributed by atoms with Crippen LogP contribution in [0.2, 0.25) is 0 Å². The van der Waals surface area contributed by atoms with Crippen LogP contribution >= 0.6 is 0 Å². The molecule has 0 radical (unpaired) electrons. The van der Waals surface area contributed by atoms with Gasteiger partial charge in [-0.15, -0.1) is 0 Å². The first-order valence-corrected chi connectivity index (χ1v) is 11.2. The van der Waals surface area contributed by atoms with Crippen LogP contribution in [0.3, 0.4) is 0 Å². The molecule has 0 unspecified atom stereocenters. The van der Waals surface area contributed by atoms with Crippen LogP contribution in [0.4, 0.5) is 10.5 Å². The van der Waals surface area contributed by atoms with Crippen molar-refractivity contribution in [2.45, 2.75) is 38.7 Å². The number of rotatable bonds is 6. The summed E-state index contributed by atoms with van der Waals surface area (Å²) in [6, 6.07) is 15.2. The van der Waals surface area contributed by atoms with Gasteiger partial charge in [0, 0.05) is 36.7 Å². The predicted octanol–water partition coefficient (Wildman–Crippen LogP) is 3.84. The quantitative estimate of drug-likeness (QED) is 0.673. The molecule has 0 saturated carbocycles. The molecular weight excluding hydrogens is 406 g/mol. The summed E-state index contributed by atoms with van der Waals surface area (Å²) in [5.41, 5.74) is 1.71. The Morgan fingerprint density at radius 2 is 1.84 bits per heavy atom. The lowest BCUT2D eigenvalue weighted by molar-refractivity contribution is -0.126. The van der Waals surface area contributed by atoms with Crippen molar-refractivity contribution in [2.24, 2.45) is 5.92 Å². The van der Waals surface area contributed by atoms with Gasteiger partial charge < -0.3 is 25.0 Å². The standard InChI is InChI=1S/C25H31N3O4/c1-25(2)17-19-7-6-10-21(22(19)32-25)31-16-13-26-23(29)18-11-14-28(15-12-18)24(30)27-20-8-4-3-5-9-20/h3-10,18H,11-17H2,1-2H3,(H,26,29)(H,27,30). The van der Waals surface area contributed by atoms with E-state index in [1.54, 1.807) is 4.90 Å². The molecule has 4 rings (SSSR count). The van der Waals surface area contributed by atoms with E-state index in [0.29, 0.717) is 39.1 Å². The van der Waals surface area contributed by atoms with E-state index in [1.165, 1.54) is 0 Å². The van der Waals surface area contributed by atoms with E-state index in [4.69, 9.17) is 9.47 Å². The molecule has 0 bridgehead atoms. The monoisotopic (exact) mass is 437 g/mol. The molecular formula is C25H31N3O4. The maximum Gasteiger partial charge on any atom is 0.321 e. The maximum atomic E-state index is 12.5. The SMILES string of the molecule is CC1(C)Cc2cccc(OCCNC(=O)C3CCN(C(=O)Nc4ccccc4)CC3)c2O1. The second-order valence-electron chi connectivity index (χ2n) is 8.98. The van der Waals surface area contributed by atoms with Crippen LogP contribution in [0.5, 0.6) is 11.5 Å². The van der Waals surface area contributed by atoms with Gasteiger partial charge in [0.25, 0.3) is 0 Å². The van der Waals surface area contributed by atoms with E-state index >= 15 is 0 Å². The van der Waals surface area contributed by atoms with E-state index < -0.39 is 0 Å². The normalized spacial score (nSPS) is 17.2. The number of likely N-dealkylation sites (tertiary alicyclic amines) is 1. The number of hydrogen-bond donors (Lipinski definition) is 2. The van der Waals surface area contributed by atoms with Gasteiger partial charge in [-0.1, -0.05) is 30.3 Å². The number of amides is 3. The van der Waals surface area contributed by atoms with Gasteiger partial charge >= 0.3 is 6.03 Å². The first-order valence-electron chi connectivity index (χ1n) is 11.2. The zero-order valence-electron chi connectivity index (χ0n) is 18.7. The number of carbonyl (C=O) groups is 2. The fraction of sp³-hybridized carbons (Fsp3) is 0.440. The summed E-state index contributed by atoms with van der Waals surface area (Å²) >= 11 is 0. The van der Waals surface area contributed by atoms with Gasteiger partial charge in [-0.3, -0.25) is 4.79 Å². The van der Waals surface area contributed by atoms with Crippen LogP contribution in [0.15, 0.2) is 48.5 Å². The van der Waals surface area contributed by atoms with Crippen LogP contribution in [-0.2, 0) is 11.2 Å². The number of urea groups is 1. The topological polar surface area (TPSA) is 79.9 Å². The minimum atomic E-state index is -0.219. The summed E-state index contributed by atoms with van der Waals surface area (Å²) in [6.45, 7) is 6.07. The molecule has 7 nitrogen and oxygen atoms in total. The average Bonchev–Trinajstić information content (AvgIpc) is 3.12. The minimum Gasteiger partial charge on any atom is -0.488 e. The van der Waals surface area contributed by atoms with Crippen LogP contribution in [0, 0.1) is 5.92 Å². The Bertz CT molecular complexity index is 953. The number of hydrogen-bond acceptors (Lipinski definition) is 4. The van der Waals surface area contributed by atoms with E-state index in [0.717, 1.165) is 29.2 Å². The highest BCUT2D eigenvalue weighted by molar-refractivity contribution is 5.89. The Morgan fingerprint density at radius 1 is 1.09 bits per heavy atom. The number of benzene rings is 2. The molecule has 0 spiro atoms. The van der Waals surface area contributed by atoms with Crippen LogP contribution < -0.4 is 20.1 Å². The van der Waals surface area contributed by atoms with Gasteiger partial charge in [0.15, 0.2) is 11.5 Å². The fourth-order valence-corrected chi connectivity index (χ4v) is 4.25. The number of fused-ring (bicyclic) bond motifs is 1. The molecule has 1 saturated heterocycles. The summed E-state index contributed by atoms with van der Waals surface area (Å²) in [4.78, 5) is 26.7. The van der Waals surface area contributed by atoms with Gasteiger partial charge in [0.2, 0.25) is 5.91 Å². The van der Waals surface area contributed by atoms with E-state index in [-0.39, 0.29) is 23.5 Å². The Kier molecular flexibility index (Phi) is 6.53. The molecule has 0 atom stereocenters. The van der Waals surface area contributed by atoms with Crippen LogP contribution in [0.1, 0.15) is 32.3 Å². The molecule has 2 aliphatic rings. The van der Waals surface area contributed by atoms with Crippen molar-refractivity contribution in [3.8, 4) is 11.5 Å². The Balaban J connectivity index is 1.17. The highest BCUT2D eigenvalue weighted by Crippen LogP contribution is 2.41. The summed E-state index contributed by atoms with van der Waals surface area (Å²) in [5.74, 6) is 1.47. The van der Waals surface area contributed by atoms with Gasteiger partial charge in [0.05, 0.1) is 6.54 Å². The summed E-state index contributed by atoms with van der Waals surface area (Å²) in [5, 5.41) is 5.86. The summed E-state index contributed by atoms with van der Waals surface area (Å²) in [6.07, 6.45) is 2.17. The smallest absolute Gasteiger partial charge is 0.321 e. The van der Waals surface area contributed by atoms with Gasteiger partial charge in [-0.05, 0) is 44.9 Å².